The second kappa shape index (κ2) is 6.42. The van der Waals surface area contributed by atoms with E-state index in [1.807, 2.05) is 19.3 Å². The van der Waals surface area contributed by atoms with Gasteiger partial charge in [-0.3, -0.25) is 10.1 Å². The van der Waals surface area contributed by atoms with E-state index in [0.717, 1.165) is 29.2 Å². The molecular weight excluding hydrogens is 294 g/mol. The Kier molecular flexibility index (Phi) is 4.34. The van der Waals surface area contributed by atoms with Gasteiger partial charge in [-0.1, -0.05) is 12.1 Å². The van der Waals surface area contributed by atoms with Crippen LogP contribution < -0.4 is 10.1 Å². The zero-order valence-electron chi connectivity index (χ0n) is 13.6. The van der Waals surface area contributed by atoms with Gasteiger partial charge in [0, 0.05) is 25.2 Å². The van der Waals surface area contributed by atoms with Crippen molar-refractivity contribution in [3.8, 4) is 5.75 Å². The van der Waals surface area contributed by atoms with Crippen molar-refractivity contribution in [2.75, 3.05) is 14.2 Å². The maximum absolute atomic E-state index is 11.8. The average molecular weight is 315 g/mol. The van der Waals surface area contributed by atoms with Crippen molar-refractivity contribution in [3.05, 3.63) is 47.0 Å². The number of benzene rings is 1. The third-order valence-electron chi connectivity index (χ3n) is 4.24. The van der Waals surface area contributed by atoms with Crippen LogP contribution in [0.3, 0.4) is 0 Å². The Balaban J connectivity index is 1.82. The van der Waals surface area contributed by atoms with Crippen LogP contribution in [0, 0.1) is 6.92 Å². The lowest BCUT2D eigenvalue weighted by molar-refractivity contribution is -0.143. The van der Waals surface area contributed by atoms with Crippen LogP contribution in [0.15, 0.2) is 24.5 Å². The Morgan fingerprint density at radius 3 is 2.96 bits per heavy atom. The number of nitrogens with zero attached hydrogens (tertiary/aromatic N) is 2. The fourth-order valence-electron chi connectivity index (χ4n) is 3.00. The molecule has 0 spiro atoms. The molecule has 1 N–H and O–H groups in total. The first-order valence-electron chi connectivity index (χ1n) is 7.60. The van der Waals surface area contributed by atoms with Crippen LogP contribution in [0.25, 0.3) is 0 Å². The van der Waals surface area contributed by atoms with E-state index in [1.165, 1.54) is 12.7 Å². The first kappa shape index (κ1) is 15.6. The maximum Gasteiger partial charge on any atom is 0.323 e. The Bertz CT molecular complexity index is 724. The summed E-state index contributed by atoms with van der Waals surface area (Å²) in [6.45, 7) is 3.34. The molecule has 1 unspecified atom stereocenters. The predicted molar refractivity (Wildman–Crippen MR) is 85.4 cm³/mol. The number of imidazole rings is 1. The summed E-state index contributed by atoms with van der Waals surface area (Å²) in [5.41, 5.74) is 4.37. The molecule has 6 heteroatoms. The van der Waals surface area contributed by atoms with E-state index < -0.39 is 0 Å². The van der Waals surface area contributed by atoms with Gasteiger partial charge < -0.3 is 14.0 Å². The molecule has 1 aliphatic rings. The quantitative estimate of drug-likeness (QED) is 0.865. The molecule has 122 valence electrons. The van der Waals surface area contributed by atoms with Crippen molar-refractivity contribution in [3.63, 3.8) is 0 Å². The van der Waals surface area contributed by atoms with Gasteiger partial charge in [0.25, 0.3) is 0 Å². The monoisotopic (exact) mass is 315 g/mol. The van der Waals surface area contributed by atoms with Crippen LogP contribution in [0.2, 0.25) is 0 Å². The Morgan fingerprint density at radius 2 is 2.26 bits per heavy atom. The minimum Gasteiger partial charge on any atom is -0.496 e. The van der Waals surface area contributed by atoms with Gasteiger partial charge in [0.2, 0.25) is 0 Å². The van der Waals surface area contributed by atoms with Crippen molar-refractivity contribution >= 4 is 5.97 Å². The van der Waals surface area contributed by atoms with E-state index in [2.05, 4.69) is 27.0 Å². The van der Waals surface area contributed by atoms with Crippen LogP contribution in [0.4, 0.5) is 0 Å². The number of carbonyl (C=O) groups is 1. The largest absolute Gasteiger partial charge is 0.496 e. The summed E-state index contributed by atoms with van der Waals surface area (Å²) in [6.07, 6.45) is 2.43. The third kappa shape index (κ3) is 3.07. The van der Waals surface area contributed by atoms with E-state index >= 15 is 0 Å². The summed E-state index contributed by atoms with van der Waals surface area (Å²) < 4.78 is 12.2. The fraction of sp³-hybridized carbons (Fsp3) is 0.412. The number of ether oxygens (including phenoxy) is 2. The highest BCUT2D eigenvalue weighted by molar-refractivity contribution is 5.76. The Hall–Kier alpha value is -2.34. The summed E-state index contributed by atoms with van der Waals surface area (Å²) >= 11 is 0. The standard InChI is InChI=1S/C17H21N3O3/c1-11-6-12(4-5-16(11)22-2)9-20-10-19-14-8-18-13(7-15(14)20)17(21)23-3/h4-6,10,13,18H,7-9H2,1-3H3. The number of nitrogens with one attached hydrogen (secondary N) is 1. The second-order valence-electron chi connectivity index (χ2n) is 5.73. The lowest BCUT2D eigenvalue weighted by Gasteiger charge is -2.22. The summed E-state index contributed by atoms with van der Waals surface area (Å²) in [5.74, 6) is 0.653. The number of hydrogen-bond donors (Lipinski definition) is 1. The van der Waals surface area contributed by atoms with Crippen molar-refractivity contribution in [2.45, 2.75) is 32.5 Å². The number of aromatic nitrogens is 2. The molecule has 0 fully saturated rings. The Labute approximate surface area is 135 Å². The molecule has 23 heavy (non-hydrogen) atoms. The first-order chi connectivity index (χ1) is 11.1. The van der Waals surface area contributed by atoms with Crippen LogP contribution in [-0.2, 0) is 29.0 Å². The van der Waals surface area contributed by atoms with Gasteiger partial charge in [-0.15, -0.1) is 0 Å². The van der Waals surface area contributed by atoms with Crippen LogP contribution in [-0.4, -0.2) is 35.8 Å². The highest BCUT2D eigenvalue weighted by Crippen LogP contribution is 2.21. The number of fused-ring (bicyclic) bond motifs is 1. The number of hydrogen-bond acceptors (Lipinski definition) is 5. The highest BCUT2D eigenvalue weighted by Gasteiger charge is 2.27. The lowest BCUT2D eigenvalue weighted by atomic mass is 10.0. The number of esters is 1. The molecule has 0 saturated heterocycles. The van der Waals surface area contributed by atoms with E-state index in [0.29, 0.717) is 13.0 Å². The van der Waals surface area contributed by atoms with Gasteiger partial charge in [0.1, 0.15) is 11.8 Å². The summed E-state index contributed by atoms with van der Waals surface area (Å²) in [4.78, 5) is 16.2. The molecule has 0 radical (unpaired) electrons. The molecule has 2 heterocycles. The third-order valence-corrected chi connectivity index (χ3v) is 4.24. The molecule has 6 nitrogen and oxygen atoms in total. The van der Waals surface area contributed by atoms with Crippen molar-refractivity contribution in [1.29, 1.82) is 0 Å². The average Bonchev–Trinajstić information content (AvgIpc) is 2.96. The predicted octanol–water partition coefficient (Wildman–Crippen LogP) is 1.44. The minimum atomic E-state index is -0.305. The topological polar surface area (TPSA) is 65.4 Å². The zero-order valence-corrected chi connectivity index (χ0v) is 13.6. The first-order valence-corrected chi connectivity index (χ1v) is 7.60. The maximum atomic E-state index is 11.8. The molecule has 1 aromatic heterocycles. The second-order valence-corrected chi connectivity index (χ2v) is 5.73. The summed E-state index contributed by atoms with van der Waals surface area (Å²) in [6, 6.07) is 5.84. The zero-order chi connectivity index (χ0) is 16.4. The highest BCUT2D eigenvalue weighted by atomic mass is 16.5. The fourth-order valence-corrected chi connectivity index (χ4v) is 3.00. The SMILES string of the molecule is COC(=O)C1Cc2c(ncn2Cc2ccc(OC)c(C)c2)CN1. The van der Waals surface area contributed by atoms with E-state index in [9.17, 15) is 4.79 Å². The van der Waals surface area contributed by atoms with Gasteiger partial charge in [0.05, 0.1) is 26.2 Å². The van der Waals surface area contributed by atoms with Gasteiger partial charge in [-0.2, -0.15) is 0 Å². The normalized spacial score (nSPS) is 16.7. The van der Waals surface area contributed by atoms with Crippen molar-refractivity contribution in [2.24, 2.45) is 0 Å². The molecule has 0 aliphatic carbocycles. The molecule has 2 aromatic rings. The van der Waals surface area contributed by atoms with Crippen LogP contribution in [0.1, 0.15) is 22.5 Å². The molecule has 1 aromatic carbocycles. The van der Waals surface area contributed by atoms with E-state index in [4.69, 9.17) is 9.47 Å². The number of carbonyl (C=O) groups excluding carboxylic acids is 1. The molecule has 0 amide bonds. The van der Waals surface area contributed by atoms with Crippen LogP contribution >= 0.6 is 0 Å². The smallest absolute Gasteiger partial charge is 0.323 e. The van der Waals surface area contributed by atoms with E-state index in [1.54, 1.807) is 7.11 Å². The van der Waals surface area contributed by atoms with Gasteiger partial charge in [0.15, 0.2) is 0 Å². The van der Waals surface area contributed by atoms with Crippen molar-refractivity contribution < 1.29 is 14.3 Å². The number of methoxy groups -OCH3 is 2. The molecule has 0 bridgehead atoms. The molecule has 0 saturated carbocycles. The lowest BCUT2D eigenvalue weighted by Crippen LogP contribution is -2.43. The minimum absolute atomic E-state index is 0.233. The van der Waals surface area contributed by atoms with Gasteiger partial charge in [-0.25, -0.2) is 4.98 Å². The van der Waals surface area contributed by atoms with Crippen molar-refractivity contribution in [1.82, 2.24) is 14.9 Å². The van der Waals surface area contributed by atoms with E-state index in [-0.39, 0.29) is 12.0 Å². The molecule has 3 rings (SSSR count). The van der Waals surface area contributed by atoms with Crippen LogP contribution in [0.5, 0.6) is 5.75 Å². The van der Waals surface area contributed by atoms with Gasteiger partial charge >= 0.3 is 5.97 Å². The van der Waals surface area contributed by atoms with Gasteiger partial charge in [-0.05, 0) is 24.1 Å². The number of aryl methyl sites for hydroxylation is 1. The molecular formula is C17H21N3O3. The Morgan fingerprint density at radius 1 is 1.43 bits per heavy atom. The summed E-state index contributed by atoms with van der Waals surface area (Å²) in [7, 11) is 3.09. The number of rotatable bonds is 4. The molecule has 1 atom stereocenters. The summed E-state index contributed by atoms with van der Waals surface area (Å²) in [5, 5.41) is 3.16. The molecule has 1 aliphatic heterocycles.